The van der Waals surface area contributed by atoms with Crippen molar-refractivity contribution in [2.75, 3.05) is 36.2 Å². The lowest BCUT2D eigenvalue weighted by Gasteiger charge is -2.50. The third-order valence-electron chi connectivity index (χ3n) is 8.39. The normalized spacial score (nSPS) is 18.2. The van der Waals surface area contributed by atoms with Crippen LogP contribution in [0.4, 0.5) is 0 Å². The summed E-state index contributed by atoms with van der Waals surface area (Å²) in [5.41, 5.74) is 0.0216. The van der Waals surface area contributed by atoms with Gasteiger partial charge in [-0.3, -0.25) is 59.2 Å². The number of carbonyl (C=O) groups is 8. The van der Waals surface area contributed by atoms with E-state index >= 15 is 0 Å². The van der Waals surface area contributed by atoms with Crippen LogP contribution in [-0.4, -0.2) is 162 Å². The number of carbonyl (C=O) groups excluding carboxylic acids is 8. The van der Waals surface area contributed by atoms with Crippen molar-refractivity contribution in [3.8, 4) is 18.2 Å². The summed E-state index contributed by atoms with van der Waals surface area (Å²) in [6.45, 7) is 22.2. The molecule has 4 atom stereocenters. The van der Waals surface area contributed by atoms with Crippen LogP contribution in [-0.2, 0) is 47.8 Å². The Bertz CT molecular complexity index is 2020. The summed E-state index contributed by atoms with van der Waals surface area (Å²) >= 11 is 5.20. The predicted molar refractivity (Wildman–Crippen MR) is 272 cm³/mol. The lowest BCUT2D eigenvalue weighted by Crippen LogP contribution is -2.80. The zero-order valence-corrected chi connectivity index (χ0v) is 46.4. The predicted octanol–water partition coefficient (Wildman–Crippen LogP) is -5.00. The van der Waals surface area contributed by atoms with Crippen LogP contribution in [0, 0.1) is 34.0 Å². The van der Waals surface area contributed by atoms with Crippen molar-refractivity contribution in [1.29, 1.82) is 15.8 Å². The van der Waals surface area contributed by atoms with Crippen LogP contribution in [0.1, 0.15) is 90.0 Å². The monoisotopic (exact) mass is 1100 g/mol. The van der Waals surface area contributed by atoms with Gasteiger partial charge in [0.25, 0.3) is 11.8 Å². The maximum Gasteiger partial charge on any atom is 0.304 e. The number of carboxylic acid groups (broad SMARTS) is 2. The minimum atomic E-state index is -1.51. The standard InChI is InChI=1S/2C19H28N4O6S2.3C2H3N.2H2O/c2*1-9(2)20-19(21-10(3)4)31-8-13(25)22-14-16(26)23-15(18(27)28)12(6-29-11(5)24)7-30-17(14)23;3*1-2-3;;/h2*9-10,14,17H,6-8H2,1-5H3,(H,20,21)(H,22,25)(H,27,28);3*1H3;2*1H2/t2*14-,17-;;;;;/m11...../s1. The number of carboxylic acids is 2. The number of hydrogen-bond donors (Lipinski definition) is 6. The minimum absolute atomic E-state index is 0. The number of nitrogens with zero attached hydrogens (tertiary/aromatic N) is 5. The molecule has 0 radical (unpaired) electrons. The van der Waals surface area contributed by atoms with Gasteiger partial charge in [0, 0.05) is 57.3 Å². The van der Waals surface area contributed by atoms with E-state index in [-0.39, 0.29) is 94.6 Å². The molecule has 0 aliphatic carbocycles. The highest BCUT2D eigenvalue weighted by molar-refractivity contribution is 8.14. The summed E-state index contributed by atoms with van der Waals surface area (Å²) in [4.78, 5) is 104. The molecule has 2 fully saturated rings. The van der Waals surface area contributed by atoms with Gasteiger partial charge < -0.3 is 50.9 Å². The molecule has 0 saturated carbocycles. The van der Waals surface area contributed by atoms with Gasteiger partial charge >= 0.3 is 22.3 Å². The van der Waals surface area contributed by atoms with E-state index < -0.39 is 58.5 Å². The number of nitrogens with one attached hydrogen (secondary N) is 6. The van der Waals surface area contributed by atoms with Crippen LogP contribution >= 0.6 is 47.0 Å². The molecule has 0 aromatic carbocycles. The van der Waals surface area contributed by atoms with Crippen molar-refractivity contribution < 1.29 is 79.0 Å². The first kappa shape index (κ1) is 71.2. The number of ether oxygens (including phenoxy) is 2. The Morgan fingerprint density at radius 2 is 0.932 bits per heavy atom. The SMILES string of the molecule is CC#N.CC#N.CC#N.CC(=O)OCC1=C(C(=O)[O-])N2C(=O)[C@@H](NC(=O)CSC(NC(C)C)=[NH+]C(C)C)[C@H]2SC1.CC(=O)OCC1=C(C(=O)[O-])N2C(=O)[C@@H](NC(=O)CSC(NC(C)C)=[NH+]C(C)C)[C@H]2SC1.O.O. The summed E-state index contributed by atoms with van der Waals surface area (Å²) in [5.74, 6) is -5.16. The summed E-state index contributed by atoms with van der Waals surface area (Å²) in [5, 5.41) is 57.5. The van der Waals surface area contributed by atoms with E-state index in [9.17, 15) is 48.6 Å². The molecule has 0 aromatic heterocycles. The van der Waals surface area contributed by atoms with Crippen LogP contribution < -0.4 is 41.5 Å². The first-order chi connectivity index (χ1) is 33.3. The van der Waals surface area contributed by atoms with Gasteiger partial charge in [-0.05, 0) is 78.9 Å². The van der Waals surface area contributed by atoms with Crippen LogP contribution in [0.25, 0.3) is 0 Å². The second kappa shape index (κ2) is 36.8. The number of esters is 2. The van der Waals surface area contributed by atoms with Gasteiger partial charge in [0.15, 0.2) is 0 Å². The average Bonchev–Trinajstić information content (AvgIpc) is 3.26. The molecule has 4 heterocycles. The molecule has 2 saturated heterocycles. The average molecular weight is 1100 g/mol. The van der Waals surface area contributed by atoms with E-state index in [1.54, 1.807) is 18.2 Å². The zero-order valence-electron chi connectivity index (χ0n) is 43.1. The number of nitriles is 3. The first-order valence-corrected chi connectivity index (χ1v) is 25.9. The molecule has 0 spiro atoms. The maximum atomic E-state index is 12.6. The van der Waals surface area contributed by atoms with E-state index in [2.05, 4.69) is 31.3 Å². The molecule has 4 rings (SSSR count). The van der Waals surface area contributed by atoms with Crippen molar-refractivity contribution in [2.24, 2.45) is 0 Å². The van der Waals surface area contributed by atoms with Crippen LogP contribution in [0.2, 0.25) is 0 Å². The van der Waals surface area contributed by atoms with Gasteiger partial charge in [-0.2, -0.15) is 15.8 Å². The fourth-order valence-corrected chi connectivity index (χ4v) is 10.6. The van der Waals surface area contributed by atoms with Gasteiger partial charge in [0.05, 0.1) is 77.2 Å². The maximum absolute atomic E-state index is 12.6. The molecule has 0 bridgehead atoms. The molecule has 73 heavy (non-hydrogen) atoms. The number of amides is 4. The topological polar surface area (TPSA) is 418 Å². The van der Waals surface area contributed by atoms with Crippen LogP contribution in [0.15, 0.2) is 22.5 Å². The van der Waals surface area contributed by atoms with E-state index in [0.717, 1.165) is 20.1 Å². The molecule has 408 valence electrons. The molecular weight excluding hydrogens is 1030 g/mol. The Morgan fingerprint density at radius 1 is 0.644 bits per heavy atom. The molecule has 29 heteroatoms. The number of hydrogen-bond acceptors (Lipinski definition) is 19. The van der Waals surface area contributed by atoms with Gasteiger partial charge in [-0.1, -0.05) is 0 Å². The Kier molecular flexibility index (Phi) is 35.9. The summed E-state index contributed by atoms with van der Waals surface area (Å²) in [6.07, 6.45) is 0. The van der Waals surface area contributed by atoms with Gasteiger partial charge in [0.1, 0.15) is 36.0 Å². The van der Waals surface area contributed by atoms with Crippen molar-refractivity contribution in [3.05, 3.63) is 22.5 Å². The Balaban J connectivity index is -0.00000113. The third-order valence-corrected chi connectivity index (χ3v) is 12.9. The molecule has 0 aromatic rings. The first-order valence-electron chi connectivity index (χ1n) is 21.9. The fourth-order valence-electron chi connectivity index (χ4n) is 5.95. The number of β-lactam (4-membered cyclic amide) rings is 2. The van der Waals surface area contributed by atoms with Crippen molar-refractivity contribution in [2.45, 2.75) is 137 Å². The Hall–Kier alpha value is -6.03. The molecule has 4 aliphatic heterocycles. The van der Waals surface area contributed by atoms with Crippen LogP contribution in [0.5, 0.6) is 0 Å². The van der Waals surface area contributed by atoms with Gasteiger partial charge in [0.2, 0.25) is 11.8 Å². The number of rotatable bonds is 16. The third kappa shape index (κ3) is 25.0. The van der Waals surface area contributed by atoms with E-state index in [1.165, 1.54) is 81.7 Å². The molecule has 25 nitrogen and oxygen atoms in total. The summed E-state index contributed by atoms with van der Waals surface area (Å²) in [6, 6.07) is 4.37. The Morgan fingerprint density at radius 3 is 1.16 bits per heavy atom. The van der Waals surface area contributed by atoms with Crippen molar-refractivity contribution in [3.63, 3.8) is 0 Å². The van der Waals surface area contributed by atoms with E-state index in [1.807, 2.05) is 55.4 Å². The highest BCUT2D eigenvalue weighted by atomic mass is 32.2. The molecule has 10 N–H and O–H groups in total. The van der Waals surface area contributed by atoms with Gasteiger partial charge in [-0.25, -0.2) is 0 Å². The molecule has 4 amide bonds. The lowest BCUT2D eigenvalue weighted by molar-refractivity contribution is -0.493. The smallest absolute Gasteiger partial charge is 0.304 e. The number of amidine groups is 2. The molecule has 0 unspecified atom stereocenters. The van der Waals surface area contributed by atoms with E-state index in [0.29, 0.717) is 11.1 Å². The second-order valence-corrected chi connectivity index (χ2v) is 20.2. The quantitative estimate of drug-likeness (QED) is 0.0365. The number of aliphatic carboxylic acids is 2. The van der Waals surface area contributed by atoms with Gasteiger partial charge in [-0.15, -0.1) is 23.5 Å². The van der Waals surface area contributed by atoms with Crippen molar-refractivity contribution >= 4 is 105 Å². The summed E-state index contributed by atoms with van der Waals surface area (Å²) < 4.78 is 9.76. The van der Waals surface area contributed by atoms with Crippen molar-refractivity contribution in [1.82, 2.24) is 31.1 Å². The molecule has 4 aliphatic rings. The van der Waals surface area contributed by atoms with Crippen LogP contribution in [0.3, 0.4) is 0 Å². The summed E-state index contributed by atoms with van der Waals surface area (Å²) in [7, 11) is 0. The largest absolute Gasteiger partial charge is 0.543 e. The second-order valence-electron chi connectivity index (χ2n) is 16.1. The fraction of sp³-hybridized carbons (Fsp3) is 0.614. The number of thioether (sulfide) groups is 4. The highest BCUT2D eigenvalue weighted by Gasteiger charge is 2.54. The Labute approximate surface area is 442 Å². The lowest BCUT2D eigenvalue weighted by atomic mass is 10.0. The van der Waals surface area contributed by atoms with E-state index in [4.69, 9.17) is 25.3 Å². The highest BCUT2D eigenvalue weighted by Crippen LogP contribution is 2.41. The number of fused-ring (bicyclic) bond motifs is 2. The zero-order chi connectivity index (χ0) is 54.7. The minimum Gasteiger partial charge on any atom is -0.543 e. The molecular formula is C44H69N11O14S4.